The number of likely N-dealkylation sites (N-methyl/N-ethyl adjacent to an activating group) is 1. The standard InChI is InChI=1S/C8H17NO2.C2H6O4S/c1-5-6-11-8(10)7(2)9(3)4;3-1-2-7(4,5)6/h7H,5-6H2,1-4H3;3H,1-2H2,(H,4,5,6). The Morgan fingerprint density at radius 3 is 2.11 bits per heavy atom. The van der Waals surface area contributed by atoms with Gasteiger partial charge in [0.1, 0.15) is 6.04 Å². The van der Waals surface area contributed by atoms with Gasteiger partial charge in [-0.1, -0.05) is 6.92 Å². The molecule has 0 aromatic carbocycles. The van der Waals surface area contributed by atoms with E-state index in [1.165, 1.54) is 0 Å². The molecule has 0 saturated carbocycles. The van der Waals surface area contributed by atoms with Gasteiger partial charge in [0.15, 0.2) is 0 Å². The van der Waals surface area contributed by atoms with Crippen molar-refractivity contribution in [3.05, 3.63) is 0 Å². The van der Waals surface area contributed by atoms with Crippen LogP contribution in [0.2, 0.25) is 0 Å². The molecule has 0 aromatic heterocycles. The van der Waals surface area contributed by atoms with E-state index in [0.29, 0.717) is 6.61 Å². The Morgan fingerprint density at radius 1 is 1.39 bits per heavy atom. The molecule has 0 saturated heterocycles. The summed E-state index contributed by atoms with van der Waals surface area (Å²) in [7, 11) is -0.206. The normalized spacial score (nSPS) is 12.6. The zero-order valence-electron chi connectivity index (χ0n) is 11.3. The minimum atomic E-state index is -3.92. The quantitative estimate of drug-likeness (QED) is 0.512. The molecule has 110 valence electrons. The first-order valence-corrected chi connectivity index (χ1v) is 7.15. The SMILES string of the molecule is CCCOC(=O)C(C)N(C)C.O=S(=O)(O)CCO. The molecule has 0 aliphatic carbocycles. The number of esters is 1. The first-order valence-electron chi connectivity index (χ1n) is 5.54. The average Bonchev–Trinajstić information content (AvgIpc) is 2.23. The fourth-order valence-corrected chi connectivity index (χ4v) is 0.880. The Labute approximate surface area is 108 Å². The smallest absolute Gasteiger partial charge is 0.323 e. The van der Waals surface area contributed by atoms with E-state index in [9.17, 15) is 13.2 Å². The number of rotatable bonds is 6. The van der Waals surface area contributed by atoms with E-state index in [1.807, 2.05) is 32.8 Å². The molecule has 8 heteroatoms. The molecule has 0 spiro atoms. The zero-order valence-corrected chi connectivity index (χ0v) is 12.1. The number of hydrogen-bond donors (Lipinski definition) is 2. The van der Waals surface area contributed by atoms with E-state index >= 15 is 0 Å². The highest BCUT2D eigenvalue weighted by Gasteiger charge is 2.15. The Hall–Kier alpha value is -0.700. The minimum Gasteiger partial charge on any atom is -0.465 e. The third-order valence-electron chi connectivity index (χ3n) is 1.91. The minimum absolute atomic E-state index is 0.137. The number of aliphatic hydroxyl groups excluding tert-OH is 1. The number of carbonyl (C=O) groups excluding carboxylic acids is 1. The third kappa shape index (κ3) is 13.4. The molecule has 0 aromatic rings. The van der Waals surface area contributed by atoms with Crippen molar-refractivity contribution in [1.82, 2.24) is 4.90 Å². The van der Waals surface area contributed by atoms with Crippen LogP contribution in [0.4, 0.5) is 0 Å². The third-order valence-corrected chi connectivity index (χ3v) is 2.61. The number of nitrogens with zero attached hydrogens (tertiary/aromatic N) is 1. The van der Waals surface area contributed by atoms with Crippen molar-refractivity contribution < 1.29 is 27.6 Å². The van der Waals surface area contributed by atoms with E-state index in [4.69, 9.17) is 14.4 Å². The molecule has 0 amide bonds. The number of aliphatic hydroxyl groups is 1. The van der Waals surface area contributed by atoms with Crippen molar-refractivity contribution in [1.29, 1.82) is 0 Å². The first kappa shape index (κ1) is 19.6. The maximum Gasteiger partial charge on any atom is 0.323 e. The van der Waals surface area contributed by atoms with Gasteiger partial charge in [0.2, 0.25) is 0 Å². The number of hydrogen-bond acceptors (Lipinski definition) is 6. The van der Waals surface area contributed by atoms with Crippen LogP contribution >= 0.6 is 0 Å². The molecular formula is C10H23NO6S. The second-order valence-electron chi connectivity index (χ2n) is 3.82. The molecule has 0 fully saturated rings. The lowest BCUT2D eigenvalue weighted by molar-refractivity contribution is -0.148. The van der Waals surface area contributed by atoms with Crippen LogP contribution in [0.1, 0.15) is 20.3 Å². The summed E-state index contributed by atoms with van der Waals surface area (Å²) in [6.07, 6.45) is 0.881. The highest BCUT2D eigenvalue weighted by atomic mass is 32.2. The molecule has 0 aliphatic rings. The summed E-state index contributed by atoms with van der Waals surface area (Å²) in [6.45, 7) is 3.81. The average molecular weight is 285 g/mol. The molecule has 1 atom stereocenters. The largest absolute Gasteiger partial charge is 0.465 e. The van der Waals surface area contributed by atoms with Crippen LogP contribution in [0, 0.1) is 0 Å². The maximum atomic E-state index is 11.1. The Balaban J connectivity index is 0. The van der Waals surface area contributed by atoms with Gasteiger partial charge in [0.05, 0.1) is 19.0 Å². The van der Waals surface area contributed by atoms with Gasteiger partial charge in [-0.3, -0.25) is 14.2 Å². The molecule has 7 nitrogen and oxygen atoms in total. The van der Waals surface area contributed by atoms with E-state index in [-0.39, 0.29) is 12.0 Å². The second-order valence-corrected chi connectivity index (χ2v) is 5.39. The van der Waals surface area contributed by atoms with Gasteiger partial charge in [-0.15, -0.1) is 0 Å². The molecule has 1 unspecified atom stereocenters. The van der Waals surface area contributed by atoms with Crippen molar-refractivity contribution in [2.75, 3.05) is 33.1 Å². The van der Waals surface area contributed by atoms with E-state index in [1.54, 1.807) is 0 Å². The van der Waals surface area contributed by atoms with Crippen LogP contribution in [0.5, 0.6) is 0 Å². The van der Waals surface area contributed by atoms with Crippen molar-refractivity contribution in [2.24, 2.45) is 0 Å². The zero-order chi connectivity index (χ0) is 14.8. The topological polar surface area (TPSA) is 104 Å². The summed E-state index contributed by atoms with van der Waals surface area (Å²) >= 11 is 0. The fourth-order valence-electron chi connectivity index (χ4n) is 0.649. The predicted octanol–water partition coefficient (Wildman–Crippen LogP) is -0.244. The van der Waals surface area contributed by atoms with Gasteiger partial charge >= 0.3 is 5.97 Å². The van der Waals surface area contributed by atoms with Crippen LogP contribution in [0.15, 0.2) is 0 Å². The Kier molecular flexibility index (Phi) is 11.2. The van der Waals surface area contributed by atoms with Crippen molar-refractivity contribution in [3.63, 3.8) is 0 Å². The van der Waals surface area contributed by atoms with Crippen LogP contribution in [0.3, 0.4) is 0 Å². The Morgan fingerprint density at radius 2 is 1.89 bits per heavy atom. The molecule has 0 aliphatic heterocycles. The lowest BCUT2D eigenvalue weighted by Gasteiger charge is -2.17. The Bertz CT molecular complexity index is 314. The summed E-state index contributed by atoms with van der Waals surface area (Å²) in [5.74, 6) is -0.718. The van der Waals surface area contributed by atoms with Crippen molar-refractivity contribution in [3.8, 4) is 0 Å². The summed E-state index contributed by atoms with van der Waals surface area (Å²) in [5.41, 5.74) is 0. The van der Waals surface area contributed by atoms with Crippen LogP contribution < -0.4 is 0 Å². The van der Waals surface area contributed by atoms with Crippen molar-refractivity contribution in [2.45, 2.75) is 26.3 Å². The molecule has 0 radical (unpaired) electrons. The predicted molar refractivity (Wildman–Crippen MR) is 67.9 cm³/mol. The molecule has 0 bridgehead atoms. The second kappa shape index (κ2) is 10.2. The molecule has 18 heavy (non-hydrogen) atoms. The van der Waals surface area contributed by atoms with E-state index in [0.717, 1.165) is 6.42 Å². The number of carbonyl (C=O) groups is 1. The first-order chi connectivity index (χ1) is 8.15. The molecular weight excluding hydrogens is 262 g/mol. The highest BCUT2D eigenvalue weighted by Crippen LogP contribution is 1.95. The van der Waals surface area contributed by atoms with Gasteiger partial charge in [-0.25, -0.2) is 0 Å². The van der Waals surface area contributed by atoms with Gasteiger partial charge in [-0.2, -0.15) is 8.42 Å². The van der Waals surface area contributed by atoms with Crippen LogP contribution in [-0.2, 0) is 19.6 Å². The van der Waals surface area contributed by atoms with Crippen LogP contribution in [-0.4, -0.2) is 68.1 Å². The lowest BCUT2D eigenvalue weighted by Crippen LogP contribution is -2.34. The summed E-state index contributed by atoms with van der Waals surface area (Å²) in [4.78, 5) is 12.9. The van der Waals surface area contributed by atoms with Gasteiger partial charge in [-0.05, 0) is 27.4 Å². The summed E-state index contributed by atoms with van der Waals surface area (Å²) < 4.78 is 32.0. The van der Waals surface area contributed by atoms with Gasteiger partial charge in [0, 0.05) is 0 Å². The monoisotopic (exact) mass is 285 g/mol. The molecule has 0 rings (SSSR count). The van der Waals surface area contributed by atoms with E-state index < -0.39 is 22.5 Å². The lowest BCUT2D eigenvalue weighted by atomic mass is 10.3. The molecule has 0 heterocycles. The van der Waals surface area contributed by atoms with Gasteiger partial charge < -0.3 is 9.84 Å². The van der Waals surface area contributed by atoms with Crippen LogP contribution in [0.25, 0.3) is 0 Å². The maximum absolute atomic E-state index is 11.1. The van der Waals surface area contributed by atoms with E-state index in [2.05, 4.69) is 0 Å². The highest BCUT2D eigenvalue weighted by molar-refractivity contribution is 7.85. The number of ether oxygens (including phenoxy) is 1. The molecule has 2 N–H and O–H groups in total. The summed E-state index contributed by atoms with van der Waals surface area (Å²) in [5, 5.41) is 7.86. The van der Waals surface area contributed by atoms with Gasteiger partial charge in [0.25, 0.3) is 10.1 Å². The fraction of sp³-hybridized carbons (Fsp3) is 0.900. The summed E-state index contributed by atoms with van der Waals surface area (Å²) in [6, 6.07) is -0.137. The van der Waals surface area contributed by atoms with Crippen molar-refractivity contribution >= 4 is 16.1 Å².